The molecule has 1 amide bonds. The van der Waals surface area contributed by atoms with Crippen molar-refractivity contribution in [1.29, 1.82) is 5.26 Å². The average Bonchev–Trinajstić information content (AvgIpc) is 3.38. The quantitative estimate of drug-likeness (QED) is 0.738. The highest BCUT2D eigenvalue weighted by atomic mass is 16.7. The molecule has 9 nitrogen and oxygen atoms in total. The predicted molar refractivity (Wildman–Crippen MR) is 99.6 cm³/mol. The van der Waals surface area contributed by atoms with Crippen LogP contribution in [0.25, 0.3) is 0 Å². The summed E-state index contributed by atoms with van der Waals surface area (Å²) < 4.78 is 16.8. The molecule has 3 saturated heterocycles. The Morgan fingerprint density at radius 1 is 1.14 bits per heavy atom. The number of piperazine rings is 1. The molecule has 0 saturated carbocycles. The van der Waals surface area contributed by atoms with Gasteiger partial charge in [-0.25, -0.2) is 4.98 Å². The number of anilines is 1. The first-order valence-corrected chi connectivity index (χ1v) is 10.00. The van der Waals surface area contributed by atoms with Crippen LogP contribution >= 0.6 is 0 Å². The Kier molecular flexibility index (Phi) is 5.80. The highest BCUT2D eigenvalue weighted by Gasteiger charge is 2.32. The third kappa shape index (κ3) is 4.14. The van der Waals surface area contributed by atoms with Gasteiger partial charge >= 0.3 is 0 Å². The minimum absolute atomic E-state index is 0.0519. The molecule has 1 aromatic rings. The molecule has 0 N–H and O–H groups in total. The zero-order valence-electron chi connectivity index (χ0n) is 16.3. The molecular weight excluding hydrogens is 362 g/mol. The van der Waals surface area contributed by atoms with E-state index in [0.717, 1.165) is 25.9 Å². The number of nitrogens with zero attached hydrogens (tertiary/aromatic N) is 5. The Balaban J connectivity index is 1.23. The Hall–Kier alpha value is -2.15. The number of hydrogen-bond donors (Lipinski definition) is 0. The van der Waals surface area contributed by atoms with E-state index in [2.05, 4.69) is 16.0 Å². The van der Waals surface area contributed by atoms with Crippen molar-refractivity contribution in [1.82, 2.24) is 14.8 Å². The Morgan fingerprint density at radius 3 is 2.46 bits per heavy atom. The first kappa shape index (κ1) is 19.2. The van der Waals surface area contributed by atoms with Crippen LogP contribution in [-0.4, -0.2) is 86.0 Å². The van der Waals surface area contributed by atoms with E-state index in [1.165, 1.54) is 0 Å². The standard InChI is InChI=1S/C19H27N5O4/c1-14-21-16(12-20)18(28-14)24-8-6-23(7-9-24)17(25)13-22-4-2-15(3-5-22)19-26-10-11-27-19/h15,19H,2-11,13H2,1H3. The van der Waals surface area contributed by atoms with E-state index in [4.69, 9.17) is 13.9 Å². The van der Waals surface area contributed by atoms with Gasteiger partial charge in [-0.3, -0.25) is 9.69 Å². The number of likely N-dealkylation sites (tertiary alicyclic amines) is 1. The maximum Gasteiger partial charge on any atom is 0.236 e. The van der Waals surface area contributed by atoms with Crippen LogP contribution in [0, 0.1) is 24.2 Å². The van der Waals surface area contributed by atoms with Gasteiger partial charge in [0.05, 0.1) is 19.8 Å². The van der Waals surface area contributed by atoms with Crippen LogP contribution in [0.3, 0.4) is 0 Å². The van der Waals surface area contributed by atoms with Crippen molar-refractivity contribution in [3.05, 3.63) is 11.6 Å². The van der Waals surface area contributed by atoms with Crippen molar-refractivity contribution < 1.29 is 18.7 Å². The fourth-order valence-electron chi connectivity index (χ4n) is 4.19. The largest absolute Gasteiger partial charge is 0.424 e. The normalized spacial score (nSPS) is 22.6. The van der Waals surface area contributed by atoms with Gasteiger partial charge in [-0.2, -0.15) is 5.26 Å². The maximum atomic E-state index is 12.7. The Bertz CT molecular complexity index is 723. The topological polar surface area (TPSA) is 95.1 Å². The number of oxazole rings is 1. The SMILES string of the molecule is Cc1nc(C#N)c(N2CCN(C(=O)CN3CCC(C4OCCO4)CC3)CC2)o1. The van der Waals surface area contributed by atoms with Crippen LogP contribution in [0.1, 0.15) is 24.4 Å². The van der Waals surface area contributed by atoms with E-state index in [-0.39, 0.29) is 12.2 Å². The van der Waals surface area contributed by atoms with Crippen LogP contribution < -0.4 is 4.90 Å². The molecule has 0 spiro atoms. The minimum atomic E-state index is -0.0519. The molecule has 4 heterocycles. The molecule has 4 rings (SSSR count). The highest BCUT2D eigenvalue weighted by molar-refractivity contribution is 5.78. The number of ether oxygens (including phenoxy) is 2. The third-order valence-electron chi connectivity index (χ3n) is 5.77. The van der Waals surface area contributed by atoms with Gasteiger partial charge in [-0.05, 0) is 25.9 Å². The van der Waals surface area contributed by atoms with E-state index in [1.807, 2.05) is 9.80 Å². The monoisotopic (exact) mass is 389 g/mol. The predicted octanol–water partition coefficient (Wildman–Crippen LogP) is 0.588. The smallest absolute Gasteiger partial charge is 0.236 e. The molecule has 0 unspecified atom stereocenters. The van der Waals surface area contributed by atoms with E-state index in [0.29, 0.717) is 69.3 Å². The van der Waals surface area contributed by atoms with Gasteiger partial charge in [0, 0.05) is 39.0 Å². The van der Waals surface area contributed by atoms with Crippen LogP contribution in [-0.2, 0) is 14.3 Å². The Morgan fingerprint density at radius 2 is 1.82 bits per heavy atom. The lowest BCUT2D eigenvalue weighted by Crippen LogP contribution is -2.52. The van der Waals surface area contributed by atoms with Gasteiger partial charge in [-0.15, -0.1) is 0 Å². The maximum absolute atomic E-state index is 12.7. The number of nitriles is 1. The molecule has 0 aromatic carbocycles. The summed E-state index contributed by atoms with van der Waals surface area (Å²) in [6.07, 6.45) is 1.96. The number of carbonyl (C=O) groups excluding carboxylic acids is 1. The molecular formula is C19H27N5O4. The summed E-state index contributed by atoms with van der Waals surface area (Å²) in [5.74, 6) is 1.62. The summed E-state index contributed by atoms with van der Waals surface area (Å²) in [5.41, 5.74) is 0.315. The van der Waals surface area contributed by atoms with Crippen LogP contribution in [0.4, 0.5) is 5.88 Å². The molecule has 3 fully saturated rings. The minimum Gasteiger partial charge on any atom is -0.424 e. The zero-order chi connectivity index (χ0) is 19.5. The molecule has 0 radical (unpaired) electrons. The second-order valence-corrected chi connectivity index (χ2v) is 7.59. The first-order chi connectivity index (χ1) is 13.6. The first-order valence-electron chi connectivity index (χ1n) is 10.00. The summed E-state index contributed by atoms with van der Waals surface area (Å²) in [5, 5.41) is 9.19. The zero-order valence-corrected chi connectivity index (χ0v) is 16.3. The Labute approximate surface area is 164 Å². The van der Waals surface area contributed by atoms with Crippen molar-refractivity contribution in [3.8, 4) is 6.07 Å². The van der Waals surface area contributed by atoms with Crippen molar-refractivity contribution in [3.63, 3.8) is 0 Å². The molecule has 3 aliphatic rings. The van der Waals surface area contributed by atoms with Crippen LogP contribution in [0.2, 0.25) is 0 Å². The van der Waals surface area contributed by atoms with Gasteiger partial charge in [0.25, 0.3) is 0 Å². The summed E-state index contributed by atoms with van der Waals surface area (Å²) in [4.78, 5) is 22.9. The number of rotatable bonds is 4. The van der Waals surface area contributed by atoms with E-state index >= 15 is 0 Å². The lowest BCUT2D eigenvalue weighted by Gasteiger charge is -2.37. The van der Waals surface area contributed by atoms with Gasteiger partial charge in [-0.1, -0.05) is 0 Å². The van der Waals surface area contributed by atoms with Crippen molar-refractivity contribution >= 4 is 11.8 Å². The number of aryl methyl sites for hydroxylation is 1. The van der Waals surface area contributed by atoms with Crippen molar-refractivity contribution in [2.75, 3.05) is 63.9 Å². The van der Waals surface area contributed by atoms with Crippen LogP contribution in [0.5, 0.6) is 0 Å². The summed E-state index contributed by atoms with van der Waals surface area (Å²) in [7, 11) is 0. The molecule has 0 bridgehead atoms. The lowest BCUT2D eigenvalue weighted by atomic mass is 9.96. The van der Waals surface area contributed by atoms with Gasteiger partial charge in [0.2, 0.25) is 17.5 Å². The number of amides is 1. The second-order valence-electron chi connectivity index (χ2n) is 7.59. The second kappa shape index (κ2) is 8.47. The average molecular weight is 389 g/mol. The van der Waals surface area contributed by atoms with E-state index < -0.39 is 0 Å². The summed E-state index contributed by atoms with van der Waals surface area (Å²) in [6, 6.07) is 2.07. The molecule has 28 heavy (non-hydrogen) atoms. The fraction of sp³-hybridized carbons (Fsp3) is 0.737. The van der Waals surface area contributed by atoms with E-state index in [1.54, 1.807) is 6.92 Å². The fourth-order valence-corrected chi connectivity index (χ4v) is 4.19. The van der Waals surface area contributed by atoms with Gasteiger partial charge < -0.3 is 23.7 Å². The van der Waals surface area contributed by atoms with Gasteiger partial charge in [0.1, 0.15) is 6.07 Å². The highest BCUT2D eigenvalue weighted by Crippen LogP contribution is 2.26. The molecule has 3 aliphatic heterocycles. The van der Waals surface area contributed by atoms with E-state index in [9.17, 15) is 10.1 Å². The number of piperidine rings is 1. The summed E-state index contributed by atoms with van der Waals surface area (Å²) >= 11 is 0. The number of hydrogen-bond acceptors (Lipinski definition) is 8. The van der Waals surface area contributed by atoms with Crippen molar-refractivity contribution in [2.24, 2.45) is 5.92 Å². The molecule has 1 aromatic heterocycles. The molecule has 9 heteroatoms. The van der Waals surface area contributed by atoms with Gasteiger partial charge in [0.15, 0.2) is 12.2 Å². The third-order valence-corrected chi connectivity index (χ3v) is 5.77. The lowest BCUT2D eigenvalue weighted by molar-refractivity contribution is -0.134. The molecule has 152 valence electrons. The summed E-state index contributed by atoms with van der Waals surface area (Å²) in [6.45, 7) is 7.94. The molecule has 0 aliphatic carbocycles. The number of aromatic nitrogens is 1. The molecule has 0 atom stereocenters. The number of carbonyl (C=O) groups is 1. The van der Waals surface area contributed by atoms with Crippen LogP contribution in [0.15, 0.2) is 4.42 Å². The van der Waals surface area contributed by atoms with Crippen molar-refractivity contribution in [2.45, 2.75) is 26.1 Å².